The van der Waals surface area contributed by atoms with Crippen LogP contribution < -0.4 is 9.73 Å². The van der Waals surface area contributed by atoms with Gasteiger partial charge in [0.2, 0.25) is 12.2 Å². The summed E-state index contributed by atoms with van der Waals surface area (Å²) in [4.78, 5) is 17.1. The average Bonchev–Trinajstić information content (AvgIpc) is 3.10. The summed E-state index contributed by atoms with van der Waals surface area (Å²) in [6.07, 6.45) is 3.78. The van der Waals surface area contributed by atoms with Crippen LogP contribution >= 0.6 is 0 Å². The summed E-state index contributed by atoms with van der Waals surface area (Å²) in [5.41, 5.74) is -0.0434. The molecule has 150 valence electrons. The smallest absolute Gasteiger partial charge is 0.348 e. The Morgan fingerprint density at radius 3 is 2.82 bits per heavy atom. The summed E-state index contributed by atoms with van der Waals surface area (Å²) >= 11 is 0. The number of aliphatic hydroxyl groups is 2. The third-order valence-electron chi connectivity index (χ3n) is 3.25. The molecule has 0 radical (unpaired) electrons. The molecule has 1 atom stereocenters. The third kappa shape index (κ3) is 7.21. The minimum Gasteiger partial charge on any atom is -0.478 e. The lowest BCUT2D eigenvalue weighted by molar-refractivity contribution is -0.454. The van der Waals surface area contributed by atoms with E-state index in [1.165, 1.54) is 36.7 Å². The molecule has 2 aromatic rings. The van der Waals surface area contributed by atoms with E-state index in [1.807, 2.05) is 0 Å². The van der Waals surface area contributed by atoms with E-state index in [-0.39, 0.29) is 29.5 Å². The lowest BCUT2D eigenvalue weighted by Gasteiger charge is -2.08. The van der Waals surface area contributed by atoms with Gasteiger partial charge in [-0.25, -0.2) is 23.2 Å². The largest absolute Gasteiger partial charge is 0.478 e. The van der Waals surface area contributed by atoms with Gasteiger partial charge in [-0.3, -0.25) is 0 Å². The number of sulfone groups is 1. The van der Waals surface area contributed by atoms with Gasteiger partial charge in [0, 0.05) is 12.3 Å². The number of aliphatic hydroxyl groups excluding tert-OH is 2. The predicted octanol–water partition coefficient (Wildman–Crippen LogP) is -0.722. The summed E-state index contributed by atoms with van der Waals surface area (Å²) in [5, 5.41) is 28.3. The van der Waals surface area contributed by atoms with Crippen LogP contribution in [0.3, 0.4) is 0 Å². The standard InChI is InChI=1S/C17H18N2O8S/c20-14(11-28(24,25)10-13-3-2-8-26-13)18-6-1-4-16(21)27-15-9-12(17(22)23)5-7-19-15/h1-5,7-9,16,21H,6,10-11H2,(H,18,20)(H,22,23)/p+1/b4-1+. The highest BCUT2D eigenvalue weighted by Crippen LogP contribution is 2.11. The van der Waals surface area contributed by atoms with Gasteiger partial charge in [-0.15, -0.1) is 0 Å². The number of pyridine rings is 1. The SMILES string of the molecule is O=C(O)c1ccnc(OC(O)/C=C/C[NH+]=C(O)CS(=O)(=O)Cc2ccco2)c1. The Morgan fingerprint density at radius 1 is 1.36 bits per heavy atom. The van der Waals surface area contributed by atoms with Crippen molar-refractivity contribution in [2.45, 2.75) is 12.0 Å². The molecule has 2 aromatic heterocycles. The Kier molecular flexibility index (Phi) is 7.29. The molecule has 0 spiro atoms. The molecule has 0 saturated heterocycles. The quantitative estimate of drug-likeness (QED) is 0.171. The van der Waals surface area contributed by atoms with E-state index in [0.29, 0.717) is 0 Å². The number of aromatic carboxylic acids is 1. The summed E-state index contributed by atoms with van der Waals surface area (Å²) in [7, 11) is -3.61. The van der Waals surface area contributed by atoms with Crippen molar-refractivity contribution in [3.05, 3.63) is 60.2 Å². The van der Waals surface area contributed by atoms with E-state index in [2.05, 4.69) is 9.98 Å². The number of carboxylic acid groups (broad SMARTS) is 1. The van der Waals surface area contributed by atoms with Crippen molar-refractivity contribution in [1.82, 2.24) is 4.98 Å². The zero-order valence-electron chi connectivity index (χ0n) is 14.6. The fraction of sp³-hybridized carbons (Fsp3) is 0.235. The highest BCUT2D eigenvalue weighted by atomic mass is 32.2. The van der Waals surface area contributed by atoms with Gasteiger partial charge in [0.1, 0.15) is 11.5 Å². The lowest BCUT2D eigenvalue weighted by Crippen LogP contribution is -2.74. The number of hydrogen-bond donors (Lipinski definition) is 4. The van der Waals surface area contributed by atoms with Gasteiger partial charge in [-0.1, -0.05) is 0 Å². The monoisotopic (exact) mass is 411 g/mol. The number of furan rings is 1. The summed E-state index contributed by atoms with van der Waals surface area (Å²) in [6.45, 7) is 0.0190. The number of carboxylic acids is 1. The van der Waals surface area contributed by atoms with E-state index in [1.54, 1.807) is 6.07 Å². The molecule has 4 N–H and O–H groups in total. The highest BCUT2D eigenvalue weighted by Gasteiger charge is 2.20. The van der Waals surface area contributed by atoms with Gasteiger partial charge >= 0.3 is 11.9 Å². The molecule has 1 unspecified atom stereocenters. The number of aromatic nitrogens is 1. The zero-order chi connectivity index (χ0) is 20.6. The molecular weight excluding hydrogens is 392 g/mol. The van der Waals surface area contributed by atoms with Crippen molar-refractivity contribution in [1.29, 1.82) is 0 Å². The molecule has 10 nitrogen and oxygen atoms in total. The zero-order valence-corrected chi connectivity index (χ0v) is 15.4. The highest BCUT2D eigenvalue weighted by molar-refractivity contribution is 7.91. The first-order valence-electron chi connectivity index (χ1n) is 7.97. The molecule has 11 heteroatoms. The van der Waals surface area contributed by atoms with E-state index in [9.17, 15) is 23.4 Å². The summed E-state index contributed by atoms with van der Waals surface area (Å²) < 4.78 is 33.8. The van der Waals surface area contributed by atoms with Gasteiger partial charge in [0.15, 0.2) is 22.1 Å². The second-order valence-corrected chi connectivity index (χ2v) is 7.63. The average molecular weight is 411 g/mol. The van der Waals surface area contributed by atoms with Crippen LogP contribution in [0.25, 0.3) is 0 Å². The minimum absolute atomic E-state index is 0.0190. The van der Waals surface area contributed by atoms with Crippen LogP contribution in [0.1, 0.15) is 16.1 Å². The van der Waals surface area contributed by atoms with Crippen molar-refractivity contribution < 1.29 is 42.7 Å². The maximum atomic E-state index is 11.9. The van der Waals surface area contributed by atoms with Crippen LogP contribution in [-0.4, -0.2) is 59.2 Å². The summed E-state index contributed by atoms with van der Waals surface area (Å²) in [6, 6.07) is 5.52. The number of carbonyl (C=O) groups is 1. The van der Waals surface area contributed by atoms with Crippen LogP contribution in [0.4, 0.5) is 0 Å². The Hall–Kier alpha value is -3.18. The molecule has 0 saturated carbocycles. The number of rotatable bonds is 10. The van der Waals surface area contributed by atoms with Crippen LogP contribution in [0, 0.1) is 0 Å². The van der Waals surface area contributed by atoms with E-state index in [0.717, 1.165) is 6.07 Å². The number of ether oxygens (including phenoxy) is 1. The molecule has 0 aliphatic rings. The van der Waals surface area contributed by atoms with Crippen LogP contribution in [0.15, 0.2) is 53.3 Å². The van der Waals surface area contributed by atoms with Crippen molar-refractivity contribution in [2.75, 3.05) is 12.3 Å². The molecule has 28 heavy (non-hydrogen) atoms. The maximum absolute atomic E-state index is 11.9. The maximum Gasteiger partial charge on any atom is 0.348 e. The van der Waals surface area contributed by atoms with Gasteiger partial charge in [0.25, 0.3) is 0 Å². The molecular formula is C17H19N2O8S+. The van der Waals surface area contributed by atoms with Crippen LogP contribution in [-0.2, 0) is 15.6 Å². The Bertz CT molecular complexity index is 951. The molecule has 2 rings (SSSR count). The topological polar surface area (TPSA) is 161 Å². The van der Waals surface area contributed by atoms with Crippen LogP contribution in [0.5, 0.6) is 5.88 Å². The second kappa shape index (κ2) is 9.67. The predicted molar refractivity (Wildman–Crippen MR) is 96.6 cm³/mol. The molecule has 0 aromatic carbocycles. The molecule has 0 fully saturated rings. The third-order valence-corrected chi connectivity index (χ3v) is 4.68. The van der Waals surface area contributed by atoms with Crippen molar-refractivity contribution in [3.8, 4) is 5.88 Å². The normalized spacial score (nSPS) is 13.5. The Balaban J connectivity index is 1.82. The number of hydrogen-bond acceptors (Lipinski definition) is 7. The number of nitrogens with one attached hydrogen (secondary N) is 1. The van der Waals surface area contributed by atoms with Crippen molar-refractivity contribution in [3.63, 3.8) is 0 Å². The van der Waals surface area contributed by atoms with E-state index < -0.39 is 33.7 Å². The van der Waals surface area contributed by atoms with Gasteiger partial charge in [-0.2, -0.15) is 0 Å². The number of nitrogens with zero attached hydrogens (tertiary/aromatic N) is 1. The molecule has 0 aliphatic heterocycles. The molecule has 0 bridgehead atoms. The molecule has 2 heterocycles. The van der Waals surface area contributed by atoms with Crippen LogP contribution in [0.2, 0.25) is 0 Å². The molecule has 0 amide bonds. The molecule has 0 aliphatic carbocycles. The first-order chi connectivity index (χ1) is 13.2. The first kappa shape index (κ1) is 21.1. The van der Waals surface area contributed by atoms with Gasteiger partial charge in [0.05, 0.1) is 11.8 Å². The van der Waals surface area contributed by atoms with E-state index >= 15 is 0 Å². The minimum atomic E-state index is -3.61. The fourth-order valence-electron chi connectivity index (χ4n) is 2.05. The fourth-order valence-corrected chi connectivity index (χ4v) is 3.27. The lowest BCUT2D eigenvalue weighted by atomic mass is 10.3. The summed E-state index contributed by atoms with van der Waals surface area (Å²) in [5.74, 6) is -2.35. The van der Waals surface area contributed by atoms with Crippen molar-refractivity contribution >= 4 is 21.7 Å². The van der Waals surface area contributed by atoms with Crippen molar-refractivity contribution in [2.24, 2.45) is 0 Å². The Labute approximate surface area is 160 Å². The Morgan fingerprint density at radius 2 is 2.14 bits per heavy atom. The van der Waals surface area contributed by atoms with Gasteiger partial charge < -0.3 is 24.5 Å². The van der Waals surface area contributed by atoms with E-state index in [4.69, 9.17) is 14.3 Å². The second-order valence-electron chi connectivity index (χ2n) is 5.56. The van der Waals surface area contributed by atoms with Gasteiger partial charge in [-0.05, 0) is 30.4 Å². The first-order valence-corrected chi connectivity index (χ1v) is 9.79.